The van der Waals surface area contributed by atoms with Gasteiger partial charge in [-0.2, -0.15) is 0 Å². The second-order valence-electron chi connectivity index (χ2n) is 4.00. The molecular weight excluding hydrogens is 252 g/mol. The van der Waals surface area contributed by atoms with Crippen molar-refractivity contribution in [2.75, 3.05) is 37.0 Å². The van der Waals surface area contributed by atoms with E-state index in [-0.39, 0.29) is 11.7 Å². The van der Waals surface area contributed by atoms with Crippen molar-refractivity contribution in [1.82, 2.24) is 9.97 Å². The molecule has 1 aromatic rings. The zero-order valence-corrected chi connectivity index (χ0v) is 11.1. The highest BCUT2D eigenvalue weighted by Gasteiger charge is 2.14. The SMILES string of the molecule is Cc1cc(N2CCOCC2)nc(SCC(N)=O)n1. The fourth-order valence-corrected chi connectivity index (χ4v) is 2.32. The Bertz CT molecular complexity index is 435. The van der Waals surface area contributed by atoms with Crippen molar-refractivity contribution >= 4 is 23.5 Å². The molecule has 2 N–H and O–H groups in total. The standard InChI is InChI=1S/C11H16N4O2S/c1-8-6-10(15-2-4-17-5-3-15)14-11(13-8)18-7-9(12)16/h6H,2-5,7H2,1H3,(H2,12,16). The number of aromatic nitrogens is 2. The van der Waals surface area contributed by atoms with Crippen LogP contribution in [0.25, 0.3) is 0 Å². The molecule has 1 fully saturated rings. The number of aryl methyl sites for hydroxylation is 1. The molecule has 2 rings (SSSR count). The van der Waals surface area contributed by atoms with E-state index in [1.807, 2.05) is 13.0 Å². The van der Waals surface area contributed by atoms with Crippen LogP contribution in [0.4, 0.5) is 5.82 Å². The minimum Gasteiger partial charge on any atom is -0.378 e. The van der Waals surface area contributed by atoms with Gasteiger partial charge in [0.15, 0.2) is 5.16 Å². The molecule has 7 heteroatoms. The van der Waals surface area contributed by atoms with E-state index in [0.717, 1.165) is 24.6 Å². The Labute approximate surface area is 110 Å². The highest BCUT2D eigenvalue weighted by atomic mass is 32.2. The minimum absolute atomic E-state index is 0.200. The monoisotopic (exact) mass is 268 g/mol. The predicted octanol–water partition coefficient (Wildman–Crippen LogP) is 0.199. The molecule has 1 aliphatic heterocycles. The highest BCUT2D eigenvalue weighted by molar-refractivity contribution is 7.99. The number of carbonyl (C=O) groups is 1. The number of nitrogens with two attached hydrogens (primary N) is 1. The maximum Gasteiger partial charge on any atom is 0.227 e. The van der Waals surface area contributed by atoms with Gasteiger partial charge >= 0.3 is 0 Å². The summed E-state index contributed by atoms with van der Waals surface area (Å²) in [4.78, 5) is 21.7. The zero-order valence-electron chi connectivity index (χ0n) is 10.3. The first-order valence-electron chi connectivity index (χ1n) is 5.74. The molecule has 18 heavy (non-hydrogen) atoms. The Balaban J connectivity index is 2.12. The van der Waals surface area contributed by atoms with Crippen molar-refractivity contribution in [1.29, 1.82) is 0 Å². The van der Waals surface area contributed by atoms with Crippen LogP contribution in [0.15, 0.2) is 11.2 Å². The van der Waals surface area contributed by atoms with E-state index in [1.165, 1.54) is 11.8 Å². The lowest BCUT2D eigenvalue weighted by atomic mass is 10.3. The Hall–Kier alpha value is -1.34. The number of anilines is 1. The quantitative estimate of drug-likeness (QED) is 0.620. The van der Waals surface area contributed by atoms with E-state index in [2.05, 4.69) is 14.9 Å². The molecule has 6 nitrogen and oxygen atoms in total. The summed E-state index contributed by atoms with van der Waals surface area (Å²) in [5, 5.41) is 0.593. The number of carbonyl (C=O) groups excluding carboxylic acids is 1. The van der Waals surface area contributed by atoms with Crippen LogP contribution >= 0.6 is 11.8 Å². The van der Waals surface area contributed by atoms with Crippen LogP contribution in [0, 0.1) is 6.92 Å². The first-order valence-corrected chi connectivity index (χ1v) is 6.73. The number of morpholine rings is 1. The molecule has 0 bridgehead atoms. The molecular formula is C11H16N4O2S. The van der Waals surface area contributed by atoms with Crippen LogP contribution < -0.4 is 10.6 Å². The smallest absolute Gasteiger partial charge is 0.227 e. The molecule has 1 aromatic heterocycles. The van der Waals surface area contributed by atoms with Gasteiger partial charge in [-0.15, -0.1) is 0 Å². The molecule has 0 aliphatic carbocycles. The molecule has 0 spiro atoms. The molecule has 0 unspecified atom stereocenters. The van der Waals surface area contributed by atoms with Crippen LogP contribution in [-0.2, 0) is 9.53 Å². The Morgan fingerprint density at radius 2 is 2.22 bits per heavy atom. The maximum atomic E-state index is 10.8. The second kappa shape index (κ2) is 6.01. The number of hydrogen-bond donors (Lipinski definition) is 1. The number of hydrogen-bond acceptors (Lipinski definition) is 6. The molecule has 0 radical (unpaired) electrons. The number of primary amides is 1. The van der Waals surface area contributed by atoms with Gasteiger partial charge in [0, 0.05) is 24.8 Å². The number of thioether (sulfide) groups is 1. The van der Waals surface area contributed by atoms with E-state index in [4.69, 9.17) is 10.5 Å². The fourth-order valence-electron chi connectivity index (χ4n) is 1.68. The minimum atomic E-state index is -0.363. The van der Waals surface area contributed by atoms with Crippen molar-refractivity contribution in [3.63, 3.8) is 0 Å². The van der Waals surface area contributed by atoms with E-state index in [1.54, 1.807) is 0 Å². The molecule has 1 amide bonds. The van der Waals surface area contributed by atoms with Crippen LogP contribution in [0.1, 0.15) is 5.69 Å². The molecule has 1 saturated heterocycles. The van der Waals surface area contributed by atoms with Gasteiger partial charge in [-0.25, -0.2) is 9.97 Å². The van der Waals surface area contributed by atoms with Gasteiger partial charge in [-0.05, 0) is 6.92 Å². The van der Waals surface area contributed by atoms with E-state index in [0.29, 0.717) is 18.4 Å². The molecule has 0 aromatic carbocycles. The van der Waals surface area contributed by atoms with Gasteiger partial charge in [0.2, 0.25) is 5.91 Å². The normalized spacial score (nSPS) is 15.7. The topological polar surface area (TPSA) is 81.3 Å². The molecule has 0 saturated carbocycles. The number of ether oxygens (including phenoxy) is 1. The fraction of sp³-hybridized carbons (Fsp3) is 0.545. The summed E-state index contributed by atoms with van der Waals surface area (Å²) in [6.45, 7) is 5.01. The summed E-state index contributed by atoms with van der Waals surface area (Å²) in [7, 11) is 0. The van der Waals surface area contributed by atoms with Crippen LogP contribution in [-0.4, -0.2) is 47.9 Å². The average Bonchev–Trinajstić information content (AvgIpc) is 2.37. The average molecular weight is 268 g/mol. The summed E-state index contributed by atoms with van der Waals surface area (Å²) >= 11 is 1.27. The summed E-state index contributed by atoms with van der Waals surface area (Å²) in [6, 6.07) is 1.94. The Kier molecular flexibility index (Phi) is 4.38. The van der Waals surface area contributed by atoms with Crippen molar-refractivity contribution in [2.45, 2.75) is 12.1 Å². The number of rotatable bonds is 4. The van der Waals surface area contributed by atoms with Gasteiger partial charge in [0.1, 0.15) is 5.82 Å². The van der Waals surface area contributed by atoms with E-state index >= 15 is 0 Å². The van der Waals surface area contributed by atoms with Gasteiger partial charge < -0.3 is 15.4 Å². The van der Waals surface area contributed by atoms with Crippen molar-refractivity contribution in [3.8, 4) is 0 Å². The third-order valence-electron chi connectivity index (χ3n) is 2.50. The summed E-state index contributed by atoms with van der Waals surface area (Å²) < 4.78 is 5.31. The first kappa shape index (κ1) is 13.1. The summed E-state index contributed by atoms with van der Waals surface area (Å²) in [5.74, 6) is 0.724. The Morgan fingerprint density at radius 3 is 2.89 bits per heavy atom. The van der Waals surface area contributed by atoms with Gasteiger partial charge in [-0.3, -0.25) is 4.79 Å². The zero-order chi connectivity index (χ0) is 13.0. The van der Waals surface area contributed by atoms with Crippen molar-refractivity contribution < 1.29 is 9.53 Å². The van der Waals surface area contributed by atoms with E-state index in [9.17, 15) is 4.79 Å². The lowest BCUT2D eigenvalue weighted by Gasteiger charge is -2.28. The number of nitrogens with zero attached hydrogens (tertiary/aromatic N) is 3. The molecule has 2 heterocycles. The summed E-state index contributed by atoms with van der Waals surface area (Å²) in [6.07, 6.45) is 0. The van der Waals surface area contributed by atoms with Crippen LogP contribution in [0.2, 0.25) is 0 Å². The maximum absolute atomic E-state index is 10.8. The van der Waals surface area contributed by atoms with Gasteiger partial charge in [0.25, 0.3) is 0 Å². The third-order valence-corrected chi connectivity index (χ3v) is 3.37. The van der Waals surface area contributed by atoms with Gasteiger partial charge in [0.05, 0.1) is 19.0 Å². The lowest BCUT2D eigenvalue weighted by molar-refractivity contribution is -0.115. The molecule has 98 valence electrons. The van der Waals surface area contributed by atoms with Crippen molar-refractivity contribution in [2.24, 2.45) is 5.73 Å². The van der Waals surface area contributed by atoms with E-state index < -0.39 is 0 Å². The van der Waals surface area contributed by atoms with Crippen LogP contribution in [0.5, 0.6) is 0 Å². The second-order valence-corrected chi connectivity index (χ2v) is 4.95. The first-order chi connectivity index (χ1) is 8.65. The van der Waals surface area contributed by atoms with Gasteiger partial charge in [-0.1, -0.05) is 11.8 Å². The molecule has 1 aliphatic rings. The van der Waals surface area contributed by atoms with Crippen molar-refractivity contribution in [3.05, 3.63) is 11.8 Å². The largest absolute Gasteiger partial charge is 0.378 e. The third kappa shape index (κ3) is 3.58. The predicted molar refractivity (Wildman–Crippen MR) is 69.7 cm³/mol. The highest BCUT2D eigenvalue weighted by Crippen LogP contribution is 2.19. The lowest BCUT2D eigenvalue weighted by Crippen LogP contribution is -2.36. The number of amides is 1. The molecule has 0 atom stereocenters. The summed E-state index contributed by atoms with van der Waals surface area (Å²) in [5.41, 5.74) is 6.00. The van der Waals surface area contributed by atoms with Crippen LogP contribution in [0.3, 0.4) is 0 Å². The Morgan fingerprint density at radius 1 is 1.50 bits per heavy atom.